The number of esters is 2. The topological polar surface area (TPSA) is 52.6 Å². The highest BCUT2D eigenvalue weighted by atomic mass is 16.6. The molecule has 2 aromatic carbocycles. The molecule has 5 unspecified atom stereocenters. The van der Waals surface area contributed by atoms with Gasteiger partial charge in [-0.05, 0) is 49.4 Å². The molecule has 0 heterocycles. The summed E-state index contributed by atoms with van der Waals surface area (Å²) in [4.78, 5) is 25.7. The van der Waals surface area contributed by atoms with Crippen molar-refractivity contribution < 1.29 is 19.1 Å². The molecule has 2 bridgehead atoms. The predicted octanol–water partition coefficient (Wildman–Crippen LogP) is 5.31. The summed E-state index contributed by atoms with van der Waals surface area (Å²) in [5, 5.41) is 0. The van der Waals surface area contributed by atoms with Gasteiger partial charge in [-0.15, -0.1) is 0 Å². The van der Waals surface area contributed by atoms with Crippen molar-refractivity contribution in [3.63, 3.8) is 0 Å². The van der Waals surface area contributed by atoms with E-state index in [4.69, 9.17) is 9.47 Å². The summed E-state index contributed by atoms with van der Waals surface area (Å²) in [5.74, 6) is 0.189. The van der Waals surface area contributed by atoms with Gasteiger partial charge in [-0.3, -0.25) is 0 Å². The normalized spacial score (nSPS) is 27.5. The van der Waals surface area contributed by atoms with Crippen LogP contribution in [0.2, 0.25) is 0 Å². The van der Waals surface area contributed by atoms with Crippen molar-refractivity contribution in [3.8, 4) is 0 Å². The fraction of sp³-hybridized carbons (Fsp3) is 0.385. The van der Waals surface area contributed by atoms with Crippen molar-refractivity contribution in [2.45, 2.75) is 39.4 Å². The minimum absolute atomic E-state index is 0.0382. The molecule has 0 radical (unpaired) electrons. The Labute approximate surface area is 177 Å². The molecule has 3 aliphatic carbocycles. The lowest BCUT2D eigenvalue weighted by molar-refractivity contribution is -0.110. The van der Waals surface area contributed by atoms with E-state index in [0.717, 1.165) is 6.42 Å². The Kier molecular flexibility index (Phi) is 5.76. The zero-order chi connectivity index (χ0) is 21.3. The van der Waals surface area contributed by atoms with Gasteiger partial charge in [0.2, 0.25) is 0 Å². The molecule has 156 valence electrons. The van der Waals surface area contributed by atoms with Crippen LogP contribution in [0.5, 0.6) is 0 Å². The molecule has 4 nitrogen and oxygen atoms in total. The van der Waals surface area contributed by atoms with Gasteiger partial charge in [-0.2, -0.15) is 0 Å². The molecular formula is C26H28O4. The number of ether oxygens (including phenoxy) is 2. The summed E-state index contributed by atoms with van der Waals surface area (Å²) in [6.07, 6.45) is 2.21. The van der Waals surface area contributed by atoms with Crippen LogP contribution in [-0.4, -0.2) is 24.1 Å². The van der Waals surface area contributed by atoms with E-state index in [1.165, 1.54) is 5.57 Å². The van der Waals surface area contributed by atoms with Crippen molar-refractivity contribution in [3.05, 3.63) is 83.4 Å². The van der Waals surface area contributed by atoms with Gasteiger partial charge in [-0.25, -0.2) is 9.59 Å². The number of benzene rings is 2. The number of rotatable bonds is 5. The molecule has 3 aliphatic rings. The second-order valence-electron chi connectivity index (χ2n) is 8.71. The Morgan fingerprint density at radius 3 is 1.83 bits per heavy atom. The van der Waals surface area contributed by atoms with Crippen molar-refractivity contribution in [1.82, 2.24) is 0 Å². The van der Waals surface area contributed by atoms with Gasteiger partial charge in [0.1, 0.15) is 12.2 Å². The minimum atomic E-state index is -0.486. The first-order valence-corrected chi connectivity index (χ1v) is 10.7. The van der Waals surface area contributed by atoms with Gasteiger partial charge in [-0.1, -0.05) is 61.9 Å². The van der Waals surface area contributed by atoms with Crippen molar-refractivity contribution in [2.75, 3.05) is 0 Å². The van der Waals surface area contributed by atoms with Crippen molar-refractivity contribution >= 4 is 11.9 Å². The summed E-state index contributed by atoms with van der Waals surface area (Å²) in [5.41, 5.74) is 2.23. The molecule has 0 amide bonds. The van der Waals surface area contributed by atoms with E-state index < -0.39 is 12.2 Å². The van der Waals surface area contributed by atoms with E-state index in [1.54, 1.807) is 24.3 Å². The first-order valence-electron chi connectivity index (χ1n) is 10.7. The zero-order valence-corrected chi connectivity index (χ0v) is 17.7. The van der Waals surface area contributed by atoms with Crippen LogP contribution in [0.3, 0.4) is 0 Å². The Morgan fingerprint density at radius 1 is 0.833 bits per heavy atom. The number of hydrogen-bond acceptors (Lipinski definition) is 4. The largest absolute Gasteiger partial charge is 0.454 e. The van der Waals surface area contributed by atoms with Crippen LogP contribution in [0.25, 0.3) is 0 Å². The van der Waals surface area contributed by atoms with E-state index in [2.05, 4.69) is 26.8 Å². The summed E-state index contributed by atoms with van der Waals surface area (Å²) in [6, 6.07) is 18.0. The fourth-order valence-corrected chi connectivity index (χ4v) is 4.91. The Balaban J connectivity index is 1.63. The molecule has 0 spiro atoms. The first kappa shape index (κ1) is 20.4. The standard InChI is InChI=1S/C26H28O4/c1-16(2)20-15-21-17(3)14-22(20)24(30-26(28)19-12-8-5-9-13-19)23(21)29-25(27)18-10-6-4-7-11-18/h4-14,16,20-24H,15H2,1-3H3. The predicted molar refractivity (Wildman–Crippen MR) is 115 cm³/mol. The number of carbonyl (C=O) groups excluding carboxylic acids is 2. The van der Waals surface area contributed by atoms with Gasteiger partial charge in [0, 0.05) is 11.8 Å². The molecule has 0 aromatic heterocycles. The third kappa shape index (κ3) is 3.91. The summed E-state index contributed by atoms with van der Waals surface area (Å²) < 4.78 is 12.0. The van der Waals surface area contributed by atoms with E-state index in [9.17, 15) is 9.59 Å². The van der Waals surface area contributed by atoms with Crippen LogP contribution in [0, 0.1) is 23.7 Å². The molecule has 30 heavy (non-hydrogen) atoms. The highest BCUT2D eigenvalue weighted by Gasteiger charge is 2.52. The molecule has 2 aromatic rings. The highest BCUT2D eigenvalue weighted by Crippen LogP contribution is 2.49. The average molecular weight is 405 g/mol. The lowest BCUT2D eigenvalue weighted by Crippen LogP contribution is -2.55. The lowest BCUT2D eigenvalue weighted by atomic mass is 9.60. The molecule has 4 heteroatoms. The van der Waals surface area contributed by atoms with Crippen LogP contribution in [0.4, 0.5) is 0 Å². The lowest BCUT2D eigenvalue weighted by Gasteiger charge is -2.50. The molecule has 0 aliphatic heterocycles. The fourth-order valence-electron chi connectivity index (χ4n) is 4.91. The number of hydrogen-bond donors (Lipinski definition) is 0. The van der Waals surface area contributed by atoms with Crippen LogP contribution in [0.15, 0.2) is 72.3 Å². The van der Waals surface area contributed by atoms with Crippen LogP contribution < -0.4 is 0 Å². The first-order chi connectivity index (χ1) is 14.5. The van der Waals surface area contributed by atoms with E-state index >= 15 is 0 Å². The van der Waals surface area contributed by atoms with Gasteiger partial charge in [0.15, 0.2) is 0 Å². The smallest absolute Gasteiger partial charge is 0.338 e. The number of carbonyl (C=O) groups is 2. The van der Waals surface area contributed by atoms with Crippen LogP contribution >= 0.6 is 0 Å². The summed E-state index contributed by atoms with van der Waals surface area (Å²) >= 11 is 0. The maximum atomic E-state index is 12.9. The molecule has 5 atom stereocenters. The van der Waals surface area contributed by atoms with E-state index in [0.29, 0.717) is 23.0 Å². The van der Waals surface area contributed by atoms with E-state index in [1.807, 2.05) is 36.4 Å². The Hall–Kier alpha value is -2.88. The molecule has 1 saturated carbocycles. The van der Waals surface area contributed by atoms with Gasteiger partial charge in [0.25, 0.3) is 0 Å². The molecule has 0 N–H and O–H groups in total. The van der Waals surface area contributed by atoms with Crippen LogP contribution in [0.1, 0.15) is 47.9 Å². The molecular weight excluding hydrogens is 376 g/mol. The zero-order valence-electron chi connectivity index (χ0n) is 17.7. The second kappa shape index (κ2) is 8.47. The summed E-state index contributed by atoms with van der Waals surface area (Å²) in [6.45, 7) is 6.50. The molecule has 0 saturated heterocycles. The van der Waals surface area contributed by atoms with Crippen molar-refractivity contribution in [2.24, 2.45) is 23.7 Å². The Morgan fingerprint density at radius 2 is 1.33 bits per heavy atom. The maximum Gasteiger partial charge on any atom is 0.338 e. The van der Waals surface area contributed by atoms with Crippen LogP contribution in [-0.2, 0) is 9.47 Å². The summed E-state index contributed by atoms with van der Waals surface area (Å²) in [7, 11) is 0. The third-order valence-electron chi connectivity index (χ3n) is 6.52. The molecule has 5 rings (SSSR count). The highest BCUT2D eigenvalue weighted by molar-refractivity contribution is 5.90. The average Bonchev–Trinajstić information content (AvgIpc) is 2.76. The Bertz CT molecular complexity index is 932. The third-order valence-corrected chi connectivity index (χ3v) is 6.52. The number of fused-ring (bicyclic) bond motifs is 2. The van der Waals surface area contributed by atoms with Gasteiger partial charge < -0.3 is 9.47 Å². The molecule has 1 fully saturated rings. The van der Waals surface area contributed by atoms with Crippen molar-refractivity contribution in [1.29, 1.82) is 0 Å². The van der Waals surface area contributed by atoms with E-state index in [-0.39, 0.29) is 23.8 Å². The quantitative estimate of drug-likeness (QED) is 0.501. The van der Waals surface area contributed by atoms with Gasteiger partial charge >= 0.3 is 11.9 Å². The minimum Gasteiger partial charge on any atom is -0.454 e. The second-order valence-corrected chi connectivity index (χ2v) is 8.71. The maximum absolute atomic E-state index is 12.9. The SMILES string of the molecule is CC1=CC2C(C(C)C)CC1C(OC(=O)c1ccccc1)C2OC(=O)c1ccccc1. The van der Waals surface area contributed by atoms with Gasteiger partial charge in [0.05, 0.1) is 11.1 Å². The monoisotopic (exact) mass is 404 g/mol.